The van der Waals surface area contributed by atoms with Crippen molar-refractivity contribution in [3.63, 3.8) is 0 Å². The first-order valence-corrected chi connectivity index (χ1v) is 9.29. The molecular formula is C22H23N3O3. The molecule has 1 amide bonds. The number of carbonyl (C=O) groups excluding carboxylic acids is 1. The van der Waals surface area contributed by atoms with Gasteiger partial charge in [-0.1, -0.05) is 30.3 Å². The summed E-state index contributed by atoms with van der Waals surface area (Å²) < 4.78 is 12.6. The minimum atomic E-state index is -0.0374. The lowest BCUT2D eigenvalue weighted by Gasteiger charge is -2.16. The van der Waals surface area contributed by atoms with Gasteiger partial charge in [0.15, 0.2) is 11.5 Å². The standard InChI is InChI=1S/C22H23N3O3/c1-27-20-10-16-8-9-18(17(16)11-21(20)28-2)24-22(26)13-25-12-19(23-14-25)15-6-4-3-5-7-15/h3-7,10-12,14,18H,8-9,13H2,1-2H3,(H,24,26)/t18-/m1/s1. The molecule has 6 nitrogen and oxygen atoms in total. The largest absolute Gasteiger partial charge is 0.493 e. The van der Waals surface area contributed by atoms with Crippen LogP contribution in [0.1, 0.15) is 23.6 Å². The van der Waals surface area contributed by atoms with Gasteiger partial charge in [-0.05, 0) is 36.1 Å². The van der Waals surface area contributed by atoms with E-state index in [9.17, 15) is 4.79 Å². The average molecular weight is 377 g/mol. The fourth-order valence-electron chi connectivity index (χ4n) is 3.69. The Morgan fingerprint density at radius 1 is 1.18 bits per heavy atom. The van der Waals surface area contributed by atoms with Crippen LogP contribution in [-0.4, -0.2) is 29.7 Å². The molecule has 3 aromatic rings. The molecule has 1 atom stereocenters. The lowest BCUT2D eigenvalue weighted by atomic mass is 10.1. The van der Waals surface area contributed by atoms with Gasteiger partial charge in [0.1, 0.15) is 6.54 Å². The minimum Gasteiger partial charge on any atom is -0.493 e. The monoisotopic (exact) mass is 377 g/mol. The van der Waals surface area contributed by atoms with Gasteiger partial charge < -0.3 is 19.4 Å². The van der Waals surface area contributed by atoms with E-state index in [2.05, 4.69) is 10.3 Å². The van der Waals surface area contributed by atoms with Gasteiger partial charge in [-0.15, -0.1) is 0 Å². The Balaban J connectivity index is 1.44. The Labute approximate surface area is 164 Å². The minimum absolute atomic E-state index is 0.0144. The van der Waals surface area contributed by atoms with Crippen molar-refractivity contribution in [2.75, 3.05) is 14.2 Å². The van der Waals surface area contributed by atoms with Crippen LogP contribution in [0.25, 0.3) is 11.3 Å². The van der Waals surface area contributed by atoms with Gasteiger partial charge in [0.2, 0.25) is 5.91 Å². The normalized spacial score (nSPS) is 15.1. The van der Waals surface area contributed by atoms with Crippen molar-refractivity contribution in [3.05, 3.63) is 66.1 Å². The van der Waals surface area contributed by atoms with E-state index in [0.717, 1.165) is 35.4 Å². The number of aromatic nitrogens is 2. The van der Waals surface area contributed by atoms with E-state index in [1.165, 1.54) is 5.56 Å². The van der Waals surface area contributed by atoms with Crippen LogP contribution >= 0.6 is 0 Å². The molecule has 1 aliphatic rings. The van der Waals surface area contributed by atoms with Gasteiger partial charge >= 0.3 is 0 Å². The highest BCUT2D eigenvalue weighted by atomic mass is 16.5. The molecular weight excluding hydrogens is 354 g/mol. The van der Waals surface area contributed by atoms with Crippen LogP contribution in [0, 0.1) is 0 Å². The zero-order valence-electron chi connectivity index (χ0n) is 16.0. The predicted molar refractivity (Wildman–Crippen MR) is 106 cm³/mol. The van der Waals surface area contributed by atoms with Crippen molar-refractivity contribution in [2.24, 2.45) is 0 Å². The lowest BCUT2D eigenvalue weighted by Crippen LogP contribution is -2.30. The molecule has 0 unspecified atom stereocenters. The topological polar surface area (TPSA) is 65.4 Å². The maximum atomic E-state index is 12.6. The number of imidazole rings is 1. The molecule has 1 N–H and O–H groups in total. The van der Waals surface area contributed by atoms with Gasteiger partial charge in [0.25, 0.3) is 0 Å². The summed E-state index contributed by atoms with van der Waals surface area (Å²) in [4.78, 5) is 17.0. The summed E-state index contributed by atoms with van der Waals surface area (Å²) >= 11 is 0. The molecule has 1 aromatic heterocycles. The molecule has 0 saturated heterocycles. The smallest absolute Gasteiger partial charge is 0.240 e. The number of methoxy groups -OCH3 is 2. The molecule has 28 heavy (non-hydrogen) atoms. The summed E-state index contributed by atoms with van der Waals surface area (Å²) in [7, 11) is 3.25. The highest BCUT2D eigenvalue weighted by Crippen LogP contribution is 2.39. The molecule has 2 aromatic carbocycles. The van der Waals surface area contributed by atoms with Gasteiger partial charge in [0.05, 0.1) is 32.3 Å². The first-order valence-electron chi connectivity index (χ1n) is 9.29. The van der Waals surface area contributed by atoms with E-state index in [-0.39, 0.29) is 18.5 Å². The highest BCUT2D eigenvalue weighted by Gasteiger charge is 2.26. The first kappa shape index (κ1) is 18.1. The average Bonchev–Trinajstić information content (AvgIpc) is 3.34. The molecule has 0 fully saturated rings. The van der Waals surface area contributed by atoms with Crippen molar-refractivity contribution in [1.29, 1.82) is 0 Å². The Morgan fingerprint density at radius 3 is 2.68 bits per heavy atom. The molecule has 0 aliphatic heterocycles. The fourth-order valence-corrected chi connectivity index (χ4v) is 3.69. The first-order chi connectivity index (χ1) is 13.7. The number of nitrogens with one attached hydrogen (secondary N) is 1. The lowest BCUT2D eigenvalue weighted by molar-refractivity contribution is -0.122. The number of carbonyl (C=O) groups is 1. The van der Waals surface area contributed by atoms with Crippen molar-refractivity contribution in [2.45, 2.75) is 25.4 Å². The fraction of sp³-hybridized carbons (Fsp3) is 0.273. The molecule has 4 rings (SSSR count). The van der Waals surface area contributed by atoms with E-state index in [1.807, 2.05) is 53.2 Å². The third kappa shape index (κ3) is 3.58. The molecule has 144 valence electrons. The third-order valence-corrected chi connectivity index (χ3v) is 5.09. The summed E-state index contributed by atoms with van der Waals surface area (Å²) in [6.45, 7) is 0.235. The summed E-state index contributed by atoms with van der Waals surface area (Å²) in [6, 6.07) is 13.9. The summed E-state index contributed by atoms with van der Waals surface area (Å²) in [5, 5.41) is 3.14. The predicted octanol–water partition coefficient (Wildman–Crippen LogP) is 3.37. The number of ether oxygens (including phenoxy) is 2. The Bertz CT molecular complexity index is 982. The van der Waals surface area contributed by atoms with Crippen LogP contribution in [0.5, 0.6) is 11.5 Å². The Kier molecular flexibility index (Phi) is 5.02. The molecule has 6 heteroatoms. The van der Waals surface area contributed by atoms with E-state index in [0.29, 0.717) is 5.75 Å². The molecule has 0 bridgehead atoms. The Hall–Kier alpha value is -3.28. The van der Waals surface area contributed by atoms with E-state index < -0.39 is 0 Å². The van der Waals surface area contributed by atoms with Gasteiger partial charge in [-0.3, -0.25) is 4.79 Å². The maximum absolute atomic E-state index is 12.6. The van der Waals surface area contributed by atoms with Crippen molar-refractivity contribution in [3.8, 4) is 22.8 Å². The van der Waals surface area contributed by atoms with Crippen molar-refractivity contribution < 1.29 is 14.3 Å². The summed E-state index contributed by atoms with van der Waals surface area (Å²) in [6.07, 6.45) is 5.37. The summed E-state index contributed by atoms with van der Waals surface area (Å²) in [5.74, 6) is 1.37. The molecule has 0 radical (unpaired) electrons. The zero-order valence-corrected chi connectivity index (χ0v) is 16.0. The van der Waals surface area contributed by atoms with Crippen LogP contribution in [0.4, 0.5) is 0 Å². The SMILES string of the molecule is COc1cc2c(cc1OC)[C@H](NC(=O)Cn1cnc(-c3ccccc3)c1)CC2. The number of benzene rings is 2. The van der Waals surface area contributed by atoms with Crippen LogP contribution in [0.15, 0.2) is 55.0 Å². The van der Waals surface area contributed by atoms with Crippen molar-refractivity contribution >= 4 is 5.91 Å². The highest BCUT2D eigenvalue weighted by molar-refractivity contribution is 5.76. The van der Waals surface area contributed by atoms with Crippen LogP contribution in [0.3, 0.4) is 0 Å². The number of hydrogen-bond acceptors (Lipinski definition) is 4. The quantitative estimate of drug-likeness (QED) is 0.715. The molecule has 0 spiro atoms. The second kappa shape index (κ2) is 7.76. The van der Waals surface area contributed by atoms with Crippen molar-refractivity contribution in [1.82, 2.24) is 14.9 Å². The maximum Gasteiger partial charge on any atom is 0.240 e. The molecule has 1 heterocycles. The van der Waals surface area contributed by atoms with E-state index in [4.69, 9.17) is 9.47 Å². The Morgan fingerprint density at radius 2 is 1.93 bits per heavy atom. The second-order valence-electron chi connectivity index (χ2n) is 6.86. The van der Waals surface area contributed by atoms with Crippen LogP contribution < -0.4 is 14.8 Å². The van der Waals surface area contributed by atoms with Gasteiger partial charge in [-0.25, -0.2) is 4.98 Å². The number of amides is 1. The van der Waals surface area contributed by atoms with Gasteiger partial charge in [0, 0.05) is 11.8 Å². The second-order valence-corrected chi connectivity index (χ2v) is 6.86. The van der Waals surface area contributed by atoms with E-state index >= 15 is 0 Å². The van der Waals surface area contributed by atoms with Crippen LogP contribution in [0.2, 0.25) is 0 Å². The molecule has 0 saturated carbocycles. The molecule has 1 aliphatic carbocycles. The number of hydrogen-bond donors (Lipinski definition) is 1. The number of aryl methyl sites for hydroxylation is 1. The number of nitrogens with zero attached hydrogens (tertiary/aromatic N) is 2. The number of rotatable bonds is 6. The third-order valence-electron chi connectivity index (χ3n) is 5.09. The van der Waals surface area contributed by atoms with Gasteiger partial charge in [-0.2, -0.15) is 0 Å². The van der Waals surface area contributed by atoms with E-state index in [1.54, 1.807) is 20.5 Å². The summed E-state index contributed by atoms with van der Waals surface area (Å²) in [5.41, 5.74) is 4.18. The zero-order chi connectivity index (χ0) is 19.5. The number of fused-ring (bicyclic) bond motifs is 1. The van der Waals surface area contributed by atoms with Crippen LogP contribution in [-0.2, 0) is 17.8 Å².